The minimum Gasteiger partial charge on any atom is -0.336 e. The third-order valence-corrected chi connectivity index (χ3v) is 8.81. The maximum atomic E-state index is 13.9. The third kappa shape index (κ3) is 3.95. The number of pyridine rings is 1. The van der Waals surface area contributed by atoms with Crippen molar-refractivity contribution in [3.63, 3.8) is 0 Å². The molecule has 39 heavy (non-hydrogen) atoms. The van der Waals surface area contributed by atoms with E-state index in [0.29, 0.717) is 44.0 Å². The van der Waals surface area contributed by atoms with Crippen molar-refractivity contribution in [2.75, 3.05) is 19.6 Å². The van der Waals surface area contributed by atoms with Crippen LogP contribution in [0.15, 0.2) is 55.3 Å². The van der Waals surface area contributed by atoms with E-state index >= 15 is 0 Å². The van der Waals surface area contributed by atoms with E-state index in [2.05, 4.69) is 46.6 Å². The summed E-state index contributed by atoms with van der Waals surface area (Å²) in [6.45, 7) is 5.12. The van der Waals surface area contributed by atoms with Crippen molar-refractivity contribution in [2.24, 2.45) is 0 Å². The van der Waals surface area contributed by atoms with Gasteiger partial charge in [-0.3, -0.25) is 14.6 Å². The van der Waals surface area contributed by atoms with Gasteiger partial charge in [-0.1, -0.05) is 18.7 Å². The van der Waals surface area contributed by atoms with Gasteiger partial charge < -0.3 is 9.80 Å². The Bertz CT molecular complexity index is 1520. The lowest BCUT2D eigenvalue weighted by Crippen LogP contribution is -2.45. The SMILES string of the molecule is C=CC(=O)N1CCc2nn(-c3ccc(C4CC4)cc3)c3c2[C@@H](C1)N(C(=O)c1ccc(C2(C#N)CC2)nc1)CC3. The molecule has 0 saturated heterocycles. The quantitative estimate of drug-likeness (QED) is 0.476. The van der Waals surface area contributed by atoms with Crippen LogP contribution in [0.5, 0.6) is 0 Å². The largest absolute Gasteiger partial charge is 0.336 e. The predicted molar refractivity (Wildman–Crippen MR) is 144 cm³/mol. The number of nitriles is 1. The van der Waals surface area contributed by atoms with Gasteiger partial charge in [-0.25, -0.2) is 4.68 Å². The van der Waals surface area contributed by atoms with Gasteiger partial charge in [0.25, 0.3) is 5.91 Å². The Hall–Kier alpha value is -4.25. The number of hydrogen-bond acceptors (Lipinski definition) is 5. The highest BCUT2D eigenvalue weighted by Crippen LogP contribution is 2.46. The smallest absolute Gasteiger partial charge is 0.256 e. The topological polar surface area (TPSA) is 95.1 Å². The first kappa shape index (κ1) is 23.8. The molecule has 4 aliphatic rings. The Kier molecular flexibility index (Phi) is 5.44. The van der Waals surface area contributed by atoms with Gasteiger partial charge in [0, 0.05) is 44.2 Å². The van der Waals surface area contributed by atoms with Crippen LogP contribution in [0, 0.1) is 11.3 Å². The van der Waals surface area contributed by atoms with E-state index in [1.165, 1.54) is 24.5 Å². The van der Waals surface area contributed by atoms with Crippen LogP contribution in [-0.4, -0.2) is 56.0 Å². The fraction of sp³-hybridized carbons (Fsp3) is 0.387. The summed E-state index contributed by atoms with van der Waals surface area (Å²) >= 11 is 0. The highest BCUT2D eigenvalue weighted by Gasteiger charge is 2.46. The first-order chi connectivity index (χ1) is 19.0. The fourth-order valence-electron chi connectivity index (χ4n) is 6.20. The van der Waals surface area contributed by atoms with E-state index in [0.717, 1.165) is 41.2 Å². The average Bonchev–Trinajstić information content (AvgIpc) is 3.91. The number of carbonyl (C=O) groups is 2. The maximum absolute atomic E-state index is 13.9. The fourth-order valence-corrected chi connectivity index (χ4v) is 6.20. The van der Waals surface area contributed by atoms with Crippen LogP contribution in [0.25, 0.3) is 5.69 Å². The number of nitrogens with zero attached hydrogens (tertiary/aromatic N) is 6. The lowest BCUT2D eigenvalue weighted by atomic mass is 9.94. The molecule has 3 aromatic rings. The minimum absolute atomic E-state index is 0.119. The predicted octanol–water partition coefficient (Wildman–Crippen LogP) is 4.01. The summed E-state index contributed by atoms with van der Waals surface area (Å²) < 4.78 is 2.05. The number of aromatic nitrogens is 3. The summed E-state index contributed by atoms with van der Waals surface area (Å²) in [6, 6.07) is 14.4. The van der Waals surface area contributed by atoms with Gasteiger partial charge in [-0.05, 0) is 67.5 Å². The van der Waals surface area contributed by atoms with Gasteiger partial charge in [-0.2, -0.15) is 10.4 Å². The van der Waals surface area contributed by atoms with E-state index in [1.54, 1.807) is 17.2 Å². The molecule has 8 nitrogen and oxygen atoms in total. The monoisotopic (exact) mass is 518 g/mol. The molecule has 4 heterocycles. The zero-order valence-corrected chi connectivity index (χ0v) is 21.8. The molecular formula is C31H30N6O2. The van der Waals surface area contributed by atoms with E-state index in [1.807, 2.05) is 11.0 Å². The molecule has 1 aromatic carbocycles. The third-order valence-electron chi connectivity index (χ3n) is 8.81. The number of rotatable bonds is 5. The summed E-state index contributed by atoms with van der Waals surface area (Å²) in [6.07, 6.45) is 8.39. The van der Waals surface area contributed by atoms with Crippen LogP contribution in [0.2, 0.25) is 0 Å². The molecule has 0 spiro atoms. The molecule has 2 aromatic heterocycles. The molecule has 0 unspecified atom stereocenters. The van der Waals surface area contributed by atoms with Crippen molar-refractivity contribution in [1.29, 1.82) is 5.26 Å². The second-order valence-corrected chi connectivity index (χ2v) is 11.2. The second-order valence-electron chi connectivity index (χ2n) is 11.2. The first-order valence-electron chi connectivity index (χ1n) is 13.8. The first-order valence-corrected chi connectivity index (χ1v) is 13.8. The van der Waals surface area contributed by atoms with Gasteiger partial charge in [0.1, 0.15) is 0 Å². The van der Waals surface area contributed by atoms with E-state index < -0.39 is 5.41 Å². The Morgan fingerprint density at radius 1 is 1.08 bits per heavy atom. The van der Waals surface area contributed by atoms with Gasteiger partial charge in [0.05, 0.1) is 45.9 Å². The van der Waals surface area contributed by atoms with Gasteiger partial charge in [0.15, 0.2) is 0 Å². The van der Waals surface area contributed by atoms with Crippen molar-refractivity contribution < 1.29 is 9.59 Å². The van der Waals surface area contributed by atoms with Gasteiger partial charge in [0.2, 0.25) is 5.91 Å². The molecule has 7 rings (SSSR count). The standard InChI is InChI=1S/C31H30N6O2/c1-2-28(38)35-15-11-24-29-25(37(34-24)23-8-5-21(6-9-23)20-3-4-20)12-16-36(26(29)18-35)30(39)22-7-10-27(33-17-22)31(19-32)13-14-31/h2,5-10,17,20,26H,1,3-4,11-16,18H2/t26-/m1/s1. The molecular weight excluding hydrogens is 488 g/mol. The number of benzene rings is 1. The van der Waals surface area contributed by atoms with Crippen LogP contribution in [-0.2, 0) is 23.1 Å². The van der Waals surface area contributed by atoms with Crippen LogP contribution in [0.3, 0.4) is 0 Å². The van der Waals surface area contributed by atoms with Gasteiger partial charge >= 0.3 is 0 Å². The zero-order chi connectivity index (χ0) is 26.7. The number of carbonyl (C=O) groups excluding carboxylic acids is 2. The van der Waals surface area contributed by atoms with Crippen molar-refractivity contribution >= 4 is 11.8 Å². The van der Waals surface area contributed by atoms with Crippen LogP contribution in [0.1, 0.15) is 76.2 Å². The van der Waals surface area contributed by atoms with Crippen LogP contribution < -0.4 is 0 Å². The highest BCUT2D eigenvalue weighted by molar-refractivity contribution is 5.94. The van der Waals surface area contributed by atoms with Crippen molar-refractivity contribution in [1.82, 2.24) is 24.6 Å². The Balaban J connectivity index is 1.24. The lowest BCUT2D eigenvalue weighted by Gasteiger charge is -2.37. The van der Waals surface area contributed by atoms with Crippen molar-refractivity contribution in [2.45, 2.75) is 55.9 Å². The van der Waals surface area contributed by atoms with E-state index in [-0.39, 0.29) is 17.9 Å². The van der Waals surface area contributed by atoms with Crippen LogP contribution >= 0.6 is 0 Å². The average molecular weight is 519 g/mol. The molecule has 2 saturated carbocycles. The summed E-state index contributed by atoms with van der Waals surface area (Å²) in [5.74, 6) is 0.440. The molecule has 0 radical (unpaired) electrons. The number of amides is 2. The second kappa shape index (κ2) is 8.91. The lowest BCUT2D eigenvalue weighted by molar-refractivity contribution is -0.126. The molecule has 1 atom stereocenters. The summed E-state index contributed by atoms with van der Waals surface area (Å²) in [7, 11) is 0. The zero-order valence-electron chi connectivity index (χ0n) is 21.8. The molecule has 0 N–H and O–H groups in total. The van der Waals surface area contributed by atoms with E-state index in [4.69, 9.17) is 5.10 Å². The molecule has 2 aliphatic carbocycles. The summed E-state index contributed by atoms with van der Waals surface area (Å²) in [5, 5.41) is 14.6. The molecule has 0 bridgehead atoms. The molecule has 8 heteroatoms. The Morgan fingerprint density at radius 2 is 1.87 bits per heavy atom. The Morgan fingerprint density at radius 3 is 2.51 bits per heavy atom. The molecule has 196 valence electrons. The molecule has 2 aliphatic heterocycles. The van der Waals surface area contributed by atoms with Crippen molar-refractivity contribution in [3.8, 4) is 11.8 Å². The molecule has 2 amide bonds. The van der Waals surface area contributed by atoms with E-state index in [9.17, 15) is 14.9 Å². The maximum Gasteiger partial charge on any atom is 0.256 e. The Labute approximate surface area is 227 Å². The summed E-state index contributed by atoms with van der Waals surface area (Å²) in [4.78, 5) is 34.7. The number of hydrogen-bond donors (Lipinski definition) is 0. The van der Waals surface area contributed by atoms with Gasteiger partial charge in [-0.15, -0.1) is 0 Å². The van der Waals surface area contributed by atoms with Crippen molar-refractivity contribution in [3.05, 3.63) is 89.0 Å². The minimum atomic E-state index is -0.491. The molecule has 2 fully saturated rings. The summed E-state index contributed by atoms with van der Waals surface area (Å²) in [5.41, 5.74) is 6.27. The normalized spacial score (nSPS) is 20.9. The highest BCUT2D eigenvalue weighted by atomic mass is 16.2. The van der Waals surface area contributed by atoms with Crippen LogP contribution in [0.4, 0.5) is 0 Å².